The van der Waals surface area contributed by atoms with Gasteiger partial charge in [0.05, 0.1) is 6.54 Å². The molecule has 0 aliphatic carbocycles. The summed E-state index contributed by atoms with van der Waals surface area (Å²) in [5.74, 6) is 2.23. The van der Waals surface area contributed by atoms with Gasteiger partial charge in [-0.2, -0.15) is 11.8 Å². The van der Waals surface area contributed by atoms with E-state index in [0.29, 0.717) is 12.1 Å². The molecule has 0 spiro atoms. The standard InChI is InChI=1S/C14H18N2O2S/c1-11(17)12-2-4-13(5-3-12)15-14(18)10-16-6-8-19-9-7-16/h2-5H,6-10H2,1H3,(H,15,18). The summed E-state index contributed by atoms with van der Waals surface area (Å²) in [6.45, 7) is 3.92. The molecule has 4 nitrogen and oxygen atoms in total. The van der Waals surface area contributed by atoms with Crippen LogP contribution in [0.15, 0.2) is 24.3 Å². The third-order valence-electron chi connectivity index (χ3n) is 3.05. The van der Waals surface area contributed by atoms with E-state index >= 15 is 0 Å². The fraction of sp³-hybridized carbons (Fsp3) is 0.429. The molecule has 0 unspecified atom stereocenters. The minimum absolute atomic E-state index is 0.00229. The zero-order valence-corrected chi connectivity index (χ0v) is 11.8. The molecule has 1 heterocycles. The maximum absolute atomic E-state index is 11.9. The quantitative estimate of drug-likeness (QED) is 0.854. The van der Waals surface area contributed by atoms with E-state index in [1.54, 1.807) is 24.3 Å². The number of nitrogens with one attached hydrogen (secondary N) is 1. The second-order valence-corrected chi connectivity index (χ2v) is 5.79. The van der Waals surface area contributed by atoms with Crippen LogP contribution in [0.4, 0.5) is 5.69 Å². The number of Topliss-reactive ketones (excluding diaryl/α,β-unsaturated/α-hetero) is 1. The van der Waals surface area contributed by atoms with Crippen molar-refractivity contribution < 1.29 is 9.59 Å². The Kier molecular flexibility index (Phi) is 4.99. The molecule has 5 heteroatoms. The van der Waals surface area contributed by atoms with Crippen LogP contribution in [0, 0.1) is 0 Å². The summed E-state index contributed by atoms with van der Waals surface area (Å²) < 4.78 is 0. The van der Waals surface area contributed by atoms with Gasteiger partial charge >= 0.3 is 0 Å². The minimum Gasteiger partial charge on any atom is -0.325 e. The number of nitrogens with zero attached hydrogens (tertiary/aromatic N) is 1. The van der Waals surface area contributed by atoms with Gasteiger partial charge in [-0.25, -0.2) is 0 Å². The Morgan fingerprint density at radius 1 is 1.21 bits per heavy atom. The first-order chi connectivity index (χ1) is 9.15. The number of rotatable bonds is 4. The largest absolute Gasteiger partial charge is 0.325 e. The van der Waals surface area contributed by atoms with Crippen LogP contribution in [0.25, 0.3) is 0 Å². The summed E-state index contributed by atoms with van der Waals surface area (Å²) in [6, 6.07) is 6.99. The molecule has 0 radical (unpaired) electrons. The first-order valence-corrected chi connectivity index (χ1v) is 7.51. The van der Waals surface area contributed by atoms with Gasteiger partial charge in [0.1, 0.15) is 0 Å². The van der Waals surface area contributed by atoms with Crippen molar-refractivity contribution in [3.8, 4) is 0 Å². The van der Waals surface area contributed by atoms with Gasteiger partial charge in [0.15, 0.2) is 5.78 Å². The highest BCUT2D eigenvalue weighted by Gasteiger charge is 2.14. The molecule has 1 fully saturated rings. The van der Waals surface area contributed by atoms with Crippen LogP contribution in [0.3, 0.4) is 0 Å². The summed E-state index contributed by atoms with van der Waals surface area (Å²) in [4.78, 5) is 25.2. The van der Waals surface area contributed by atoms with E-state index in [-0.39, 0.29) is 11.7 Å². The predicted molar refractivity (Wildman–Crippen MR) is 78.8 cm³/mol. The summed E-state index contributed by atoms with van der Waals surface area (Å²) in [6.07, 6.45) is 0. The molecule has 1 saturated heterocycles. The van der Waals surface area contributed by atoms with Gasteiger partial charge in [-0.05, 0) is 31.2 Å². The van der Waals surface area contributed by atoms with E-state index in [2.05, 4.69) is 10.2 Å². The van der Waals surface area contributed by atoms with E-state index in [1.165, 1.54) is 6.92 Å². The monoisotopic (exact) mass is 278 g/mol. The highest BCUT2D eigenvalue weighted by atomic mass is 32.2. The SMILES string of the molecule is CC(=O)c1ccc(NC(=O)CN2CCSCC2)cc1. The molecule has 1 amide bonds. The lowest BCUT2D eigenvalue weighted by molar-refractivity contribution is -0.117. The Hall–Kier alpha value is -1.33. The molecular weight excluding hydrogens is 260 g/mol. The van der Waals surface area contributed by atoms with Crippen LogP contribution >= 0.6 is 11.8 Å². The maximum Gasteiger partial charge on any atom is 0.238 e. The van der Waals surface area contributed by atoms with Gasteiger partial charge in [0, 0.05) is 35.8 Å². The number of hydrogen-bond donors (Lipinski definition) is 1. The number of thioether (sulfide) groups is 1. The first-order valence-electron chi connectivity index (χ1n) is 6.36. The molecule has 2 rings (SSSR count). The van der Waals surface area contributed by atoms with E-state index in [0.717, 1.165) is 30.3 Å². The predicted octanol–water partition coefficient (Wildman–Crippen LogP) is 1.88. The molecule has 0 atom stereocenters. The molecule has 0 saturated carbocycles. The van der Waals surface area contributed by atoms with Gasteiger partial charge < -0.3 is 5.32 Å². The third kappa shape index (κ3) is 4.36. The third-order valence-corrected chi connectivity index (χ3v) is 3.99. The summed E-state index contributed by atoms with van der Waals surface area (Å²) in [7, 11) is 0. The van der Waals surface area contributed by atoms with Crippen molar-refractivity contribution in [2.24, 2.45) is 0 Å². The smallest absolute Gasteiger partial charge is 0.238 e. The highest BCUT2D eigenvalue weighted by molar-refractivity contribution is 7.99. The van der Waals surface area contributed by atoms with Crippen molar-refractivity contribution in [2.75, 3.05) is 36.5 Å². The molecule has 1 aliphatic heterocycles. The molecule has 19 heavy (non-hydrogen) atoms. The summed E-state index contributed by atoms with van der Waals surface area (Å²) in [5, 5.41) is 2.86. The van der Waals surface area contributed by atoms with Crippen LogP contribution in [0.2, 0.25) is 0 Å². The van der Waals surface area contributed by atoms with Crippen LogP contribution in [-0.2, 0) is 4.79 Å². The fourth-order valence-electron chi connectivity index (χ4n) is 1.95. The topological polar surface area (TPSA) is 49.4 Å². The Morgan fingerprint density at radius 2 is 1.84 bits per heavy atom. The molecule has 0 aromatic heterocycles. The minimum atomic E-state index is 0.00229. The number of carbonyl (C=O) groups is 2. The second-order valence-electron chi connectivity index (χ2n) is 4.57. The second kappa shape index (κ2) is 6.73. The number of hydrogen-bond acceptors (Lipinski definition) is 4. The number of benzene rings is 1. The number of carbonyl (C=O) groups excluding carboxylic acids is 2. The Bertz CT molecular complexity index is 453. The molecular formula is C14H18N2O2S. The molecule has 1 N–H and O–H groups in total. The van der Waals surface area contributed by atoms with Crippen molar-refractivity contribution in [3.05, 3.63) is 29.8 Å². The van der Waals surface area contributed by atoms with Crippen LogP contribution in [0.5, 0.6) is 0 Å². The molecule has 1 aromatic carbocycles. The zero-order chi connectivity index (χ0) is 13.7. The van der Waals surface area contributed by atoms with Gasteiger partial charge in [-0.3, -0.25) is 14.5 Å². The number of anilines is 1. The van der Waals surface area contributed by atoms with Gasteiger partial charge in [0.2, 0.25) is 5.91 Å². The lowest BCUT2D eigenvalue weighted by Gasteiger charge is -2.25. The summed E-state index contributed by atoms with van der Waals surface area (Å²) in [5.41, 5.74) is 1.40. The van der Waals surface area contributed by atoms with Crippen LogP contribution in [0.1, 0.15) is 17.3 Å². The lowest BCUT2D eigenvalue weighted by atomic mass is 10.1. The first kappa shape index (κ1) is 14.1. The highest BCUT2D eigenvalue weighted by Crippen LogP contribution is 2.11. The normalized spacial score (nSPS) is 16.1. The van der Waals surface area contributed by atoms with Crippen LogP contribution in [-0.4, -0.2) is 47.7 Å². The Balaban J connectivity index is 1.85. The average Bonchev–Trinajstić information content (AvgIpc) is 2.40. The fourth-order valence-corrected chi connectivity index (χ4v) is 2.93. The van der Waals surface area contributed by atoms with Crippen molar-refractivity contribution in [1.82, 2.24) is 4.90 Å². The zero-order valence-electron chi connectivity index (χ0n) is 11.0. The van der Waals surface area contributed by atoms with Crippen molar-refractivity contribution in [1.29, 1.82) is 0 Å². The van der Waals surface area contributed by atoms with Crippen molar-refractivity contribution >= 4 is 29.1 Å². The van der Waals surface area contributed by atoms with Crippen molar-refractivity contribution in [3.63, 3.8) is 0 Å². The van der Waals surface area contributed by atoms with Gasteiger partial charge in [-0.15, -0.1) is 0 Å². The molecule has 0 bridgehead atoms. The van der Waals surface area contributed by atoms with Crippen molar-refractivity contribution in [2.45, 2.75) is 6.92 Å². The summed E-state index contributed by atoms with van der Waals surface area (Å²) >= 11 is 1.93. The van der Waals surface area contributed by atoms with Crippen LogP contribution < -0.4 is 5.32 Å². The average molecular weight is 278 g/mol. The molecule has 1 aliphatic rings. The van der Waals surface area contributed by atoms with E-state index in [9.17, 15) is 9.59 Å². The van der Waals surface area contributed by atoms with E-state index < -0.39 is 0 Å². The molecule has 1 aromatic rings. The van der Waals surface area contributed by atoms with Gasteiger partial charge in [0.25, 0.3) is 0 Å². The Labute approximate surface area is 117 Å². The molecule has 102 valence electrons. The number of amides is 1. The van der Waals surface area contributed by atoms with E-state index in [4.69, 9.17) is 0 Å². The number of ketones is 1. The maximum atomic E-state index is 11.9. The van der Waals surface area contributed by atoms with Gasteiger partial charge in [-0.1, -0.05) is 0 Å². The van der Waals surface area contributed by atoms with E-state index in [1.807, 2.05) is 11.8 Å². The lowest BCUT2D eigenvalue weighted by Crippen LogP contribution is -2.38. The Morgan fingerprint density at radius 3 is 2.42 bits per heavy atom.